The minimum absolute atomic E-state index is 0.0370. The van der Waals surface area contributed by atoms with Gasteiger partial charge in [-0.2, -0.15) is 0 Å². The van der Waals surface area contributed by atoms with Crippen molar-refractivity contribution in [2.24, 2.45) is 5.41 Å². The highest BCUT2D eigenvalue weighted by molar-refractivity contribution is 5.93. The normalized spacial score (nSPS) is 11.0. The van der Waals surface area contributed by atoms with Gasteiger partial charge in [-0.05, 0) is 36.5 Å². The third-order valence-electron chi connectivity index (χ3n) is 3.42. The number of amides is 2. The molecule has 0 bridgehead atoms. The lowest BCUT2D eigenvalue weighted by molar-refractivity contribution is 0.0697. The molecule has 3 N–H and O–H groups in total. The van der Waals surface area contributed by atoms with Crippen molar-refractivity contribution in [3.8, 4) is 0 Å². The zero-order valence-corrected chi connectivity index (χ0v) is 12.4. The summed E-state index contributed by atoms with van der Waals surface area (Å²) >= 11 is 0. The molecular formula is C15H22N2O3. The zero-order valence-electron chi connectivity index (χ0n) is 12.4. The molecule has 0 aliphatic carbocycles. The van der Waals surface area contributed by atoms with Crippen LogP contribution in [-0.2, 0) is 0 Å². The van der Waals surface area contributed by atoms with E-state index in [1.165, 1.54) is 12.1 Å². The smallest absolute Gasteiger partial charge is 0.335 e. The quantitative estimate of drug-likeness (QED) is 0.773. The van der Waals surface area contributed by atoms with Gasteiger partial charge in [0.25, 0.3) is 0 Å². The van der Waals surface area contributed by atoms with Crippen molar-refractivity contribution in [1.82, 2.24) is 5.32 Å². The van der Waals surface area contributed by atoms with Gasteiger partial charge in [-0.1, -0.05) is 26.8 Å². The maximum atomic E-state index is 11.8. The summed E-state index contributed by atoms with van der Waals surface area (Å²) in [5.74, 6) is -1.01. The Hall–Kier alpha value is -2.04. The zero-order chi connectivity index (χ0) is 15.3. The van der Waals surface area contributed by atoms with E-state index in [2.05, 4.69) is 31.4 Å². The Morgan fingerprint density at radius 2 is 1.95 bits per heavy atom. The van der Waals surface area contributed by atoms with Gasteiger partial charge >= 0.3 is 12.0 Å². The number of hydrogen-bond acceptors (Lipinski definition) is 2. The molecule has 0 aliphatic rings. The molecule has 1 rings (SSSR count). The molecular weight excluding hydrogens is 256 g/mol. The lowest BCUT2D eigenvalue weighted by atomic mass is 9.90. The maximum Gasteiger partial charge on any atom is 0.335 e. The molecule has 0 unspecified atom stereocenters. The highest BCUT2D eigenvalue weighted by Crippen LogP contribution is 2.19. The minimum Gasteiger partial charge on any atom is -0.478 e. The van der Waals surface area contributed by atoms with Gasteiger partial charge in [-0.3, -0.25) is 0 Å². The van der Waals surface area contributed by atoms with Crippen LogP contribution in [-0.4, -0.2) is 23.7 Å². The fraction of sp³-hybridized carbons (Fsp3) is 0.467. The van der Waals surface area contributed by atoms with E-state index in [-0.39, 0.29) is 17.0 Å². The van der Waals surface area contributed by atoms with Crippen molar-refractivity contribution >= 4 is 17.7 Å². The first-order chi connectivity index (χ1) is 9.25. The number of carboxylic acid groups (broad SMARTS) is 1. The third-order valence-corrected chi connectivity index (χ3v) is 3.42. The van der Waals surface area contributed by atoms with E-state index in [1.54, 1.807) is 6.07 Å². The summed E-state index contributed by atoms with van der Waals surface area (Å²) in [6.07, 6.45) is 0.959. The van der Waals surface area contributed by atoms with Gasteiger partial charge in [0, 0.05) is 12.2 Å². The number of aryl methyl sites for hydroxylation is 1. The van der Waals surface area contributed by atoms with Crippen LogP contribution in [0.4, 0.5) is 10.5 Å². The van der Waals surface area contributed by atoms with Crippen molar-refractivity contribution in [2.45, 2.75) is 34.1 Å². The Balaban J connectivity index is 2.71. The topological polar surface area (TPSA) is 78.4 Å². The summed E-state index contributed by atoms with van der Waals surface area (Å²) in [7, 11) is 0. The average Bonchev–Trinajstić information content (AvgIpc) is 2.39. The standard InChI is InChI=1S/C15H22N2O3/c1-5-15(3,4)9-16-14(20)17-12-8-11(13(18)19)7-6-10(12)2/h6-8H,5,9H2,1-4H3,(H,18,19)(H2,16,17,20). The van der Waals surface area contributed by atoms with E-state index in [1.807, 2.05) is 6.92 Å². The number of aromatic carboxylic acids is 1. The molecule has 0 radical (unpaired) electrons. The van der Waals surface area contributed by atoms with E-state index in [4.69, 9.17) is 5.11 Å². The van der Waals surface area contributed by atoms with Crippen LogP contribution in [0.15, 0.2) is 18.2 Å². The number of urea groups is 1. The number of rotatable bonds is 5. The van der Waals surface area contributed by atoms with Gasteiger partial charge in [0.2, 0.25) is 0 Å². The van der Waals surface area contributed by atoms with Crippen molar-refractivity contribution < 1.29 is 14.7 Å². The summed E-state index contributed by atoms with van der Waals surface area (Å²) in [5.41, 5.74) is 1.52. The lowest BCUT2D eigenvalue weighted by Gasteiger charge is -2.23. The van der Waals surface area contributed by atoms with Crippen LogP contribution in [0.25, 0.3) is 0 Å². The highest BCUT2D eigenvalue weighted by atomic mass is 16.4. The first-order valence-corrected chi connectivity index (χ1v) is 6.64. The fourth-order valence-corrected chi connectivity index (χ4v) is 1.50. The molecule has 0 heterocycles. The van der Waals surface area contributed by atoms with E-state index in [9.17, 15) is 9.59 Å². The average molecular weight is 278 g/mol. The monoisotopic (exact) mass is 278 g/mol. The molecule has 1 aromatic carbocycles. The molecule has 110 valence electrons. The number of benzene rings is 1. The van der Waals surface area contributed by atoms with Crippen LogP contribution in [0.1, 0.15) is 43.1 Å². The Kier molecular flexibility index (Phi) is 5.13. The lowest BCUT2D eigenvalue weighted by Crippen LogP contribution is -2.36. The van der Waals surface area contributed by atoms with Crippen LogP contribution in [0.5, 0.6) is 0 Å². The first kappa shape index (κ1) is 16.0. The van der Waals surface area contributed by atoms with Crippen LogP contribution in [0, 0.1) is 12.3 Å². The summed E-state index contributed by atoms with van der Waals surface area (Å²) < 4.78 is 0. The summed E-state index contributed by atoms with van der Waals surface area (Å²) in [5, 5.41) is 14.4. The predicted molar refractivity (Wildman–Crippen MR) is 79.2 cm³/mol. The van der Waals surface area contributed by atoms with E-state index < -0.39 is 5.97 Å². The van der Waals surface area contributed by atoms with Gasteiger partial charge in [0.15, 0.2) is 0 Å². The van der Waals surface area contributed by atoms with Gasteiger partial charge < -0.3 is 15.7 Å². The minimum atomic E-state index is -1.01. The van der Waals surface area contributed by atoms with Gasteiger partial charge in [0.05, 0.1) is 5.56 Å². The number of hydrogen-bond donors (Lipinski definition) is 3. The molecule has 2 amide bonds. The molecule has 0 fully saturated rings. The maximum absolute atomic E-state index is 11.8. The van der Waals surface area contributed by atoms with Gasteiger partial charge in [-0.15, -0.1) is 0 Å². The summed E-state index contributed by atoms with van der Waals surface area (Å²) in [6.45, 7) is 8.59. The van der Waals surface area contributed by atoms with Crippen molar-refractivity contribution in [2.75, 3.05) is 11.9 Å². The molecule has 0 aromatic heterocycles. The second-order valence-electron chi connectivity index (χ2n) is 5.66. The highest BCUT2D eigenvalue weighted by Gasteiger charge is 2.16. The largest absolute Gasteiger partial charge is 0.478 e. The number of carbonyl (C=O) groups excluding carboxylic acids is 1. The molecule has 0 atom stereocenters. The fourth-order valence-electron chi connectivity index (χ4n) is 1.50. The molecule has 5 heteroatoms. The SMILES string of the molecule is CCC(C)(C)CNC(=O)Nc1cc(C(=O)O)ccc1C. The summed E-state index contributed by atoms with van der Waals surface area (Å²) in [4.78, 5) is 22.8. The molecule has 20 heavy (non-hydrogen) atoms. The van der Waals surface area contributed by atoms with E-state index in [0.29, 0.717) is 12.2 Å². The van der Waals surface area contributed by atoms with Gasteiger partial charge in [0.1, 0.15) is 0 Å². The number of anilines is 1. The number of carboxylic acids is 1. The van der Waals surface area contributed by atoms with E-state index >= 15 is 0 Å². The Morgan fingerprint density at radius 1 is 1.30 bits per heavy atom. The molecule has 1 aromatic rings. The van der Waals surface area contributed by atoms with Crippen molar-refractivity contribution in [1.29, 1.82) is 0 Å². The molecule has 0 saturated carbocycles. The van der Waals surface area contributed by atoms with Crippen LogP contribution >= 0.6 is 0 Å². The number of nitrogens with one attached hydrogen (secondary N) is 2. The van der Waals surface area contributed by atoms with Crippen LogP contribution in [0.2, 0.25) is 0 Å². The van der Waals surface area contributed by atoms with Crippen LogP contribution < -0.4 is 10.6 Å². The molecule has 0 saturated heterocycles. The van der Waals surface area contributed by atoms with Gasteiger partial charge in [-0.25, -0.2) is 9.59 Å². The van der Waals surface area contributed by atoms with Crippen molar-refractivity contribution in [3.63, 3.8) is 0 Å². The Labute approximate surface area is 119 Å². The first-order valence-electron chi connectivity index (χ1n) is 6.64. The predicted octanol–water partition coefficient (Wildman–Crippen LogP) is 3.25. The summed E-state index contributed by atoms with van der Waals surface area (Å²) in [6, 6.07) is 4.33. The Morgan fingerprint density at radius 3 is 2.50 bits per heavy atom. The third kappa shape index (κ3) is 4.57. The molecule has 5 nitrogen and oxygen atoms in total. The van der Waals surface area contributed by atoms with Crippen molar-refractivity contribution in [3.05, 3.63) is 29.3 Å². The number of carbonyl (C=O) groups is 2. The second-order valence-corrected chi connectivity index (χ2v) is 5.66. The van der Waals surface area contributed by atoms with Crippen LogP contribution in [0.3, 0.4) is 0 Å². The molecule has 0 aliphatic heterocycles. The van der Waals surface area contributed by atoms with E-state index in [0.717, 1.165) is 12.0 Å². The second kappa shape index (κ2) is 6.41. The molecule has 0 spiro atoms. The Bertz CT molecular complexity index is 510.